The van der Waals surface area contributed by atoms with Gasteiger partial charge < -0.3 is 5.32 Å². The molecule has 86 valence electrons. The molecule has 0 saturated carbocycles. The minimum atomic E-state index is -4.60. The summed E-state index contributed by atoms with van der Waals surface area (Å²) in [5.74, 6) is -0.610. The molecule has 1 aromatic rings. The SMILES string of the molecule is O=C1Nc2c(ccnc2C(F)(F)F)C1(Br)Br. The van der Waals surface area contributed by atoms with E-state index in [4.69, 9.17) is 0 Å². The van der Waals surface area contributed by atoms with E-state index in [1.165, 1.54) is 6.07 Å². The Hall–Kier alpha value is -0.630. The van der Waals surface area contributed by atoms with Crippen LogP contribution in [0.15, 0.2) is 12.3 Å². The molecule has 0 unspecified atom stereocenters. The van der Waals surface area contributed by atoms with Crippen molar-refractivity contribution in [1.82, 2.24) is 4.98 Å². The predicted molar refractivity (Wildman–Crippen MR) is 57.4 cm³/mol. The minimum Gasteiger partial charge on any atom is -0.322 e. The molecular formula is C8H3Br2F3N2O. The van der Waals surface area contributed by atoms with Gasteiger partial charge in [0.25, 0.3) is 5.91 Å². The van der Waals surface area contributed by atoms with Crippen LogP contribution in [0.5, 0.6) is 0 Å². The van der Waals surface area contributed by atoms with E-state index in [0.29, 0.717) is 0 Å². The quantitative estimate of drug-likeness (QED) is 0.723. The van der Waals surface area contributed by atoms with Gasteiger partial charge in [0.1, 0.15) is 0 Å². The summed E-state index contributed by atoms with van der Waals surface area (Å²) in [7, 11) is 0. The van der Waals surface area contributed by atoms with Crippen molar-refractivity contribution in [3.05, 3.63) is 23.5 Å². The van der Waals surface area contributed by atoms with Crippen molar-refractivity contribution in [2.24, 2.45) is 0 Å². The average molecular weight is 360 g/mol. The van der Waals surface area contributed by atoms with Gasteiger partial charge in [0.15, 0.2) is 8.93 Å². The molecule has 1 aliphatic rings. The van der Waals surface area contributed by atoms with Crippen LogP contribution in [0.2, 0.25) is 0 Å². The van der Waals surface area contributed by atoms with Crippen LogP contribution >= 0.6 is 31.9 Å². The third kappa shape index (κ3) is 1.64. The molecule has 1 amide bonds. The first kappa shape index (κ1) is 11.8. The summed E-state index contributed by atoms with van der Waals surface area (Å²) in [6, 6.07) is 1.34. The van der Waals surface area contributed by atoms with Crippen LogP contribution in [0.4, 0.5) is 18.9 Å². The fourth-order valence-corrected chi connectivity index (χ4v) is 2.24. The maximum atomic E-state index is 12.6. The number of alkyl halides is 5. The van der Waals surface area contributed by atoms with Crippen molar-refractivity contribution in [1.29, 1.82) is 0 Å². The minimum absolute atomic E-state index is 0.167. The highest BCUT2D eigenvalue weighted by Crippen LogP contribution is 2.50. The summed E-state index contributed by atoms with van der Waals surface area (Å²) in [5.41, 5.74) is -1.24. The highest BCUT2D eigenvalue weighted by atomic mass is 79.9. The van der Waals surface area contributed by atoms with Crippen molar-refractivity contribution < 1.29 is 18.0 Å². The lowest BCUT2D eigenvalue weighted by atomic mass is 10.1. The molecule has 0 fully saturated rings. The van der Waals surface area contributed by atoms with Gasteiger partial charge in [-0.15, -0.1) is 0 Å². The summed E-state index contributed by atoms with van der Waals surface area (Å²) in [6.45, 7) is 0. The zero-order chi connectivity index (χ0) is 12.1. The molecule has 16 heavy (non-hydrogen) atoms. The number of rotatable bonds is 0. The average Bonchev–Trinajstić information content (AvgIpc) is 2.37. The molecule has 0 saturated heterocycles. The molecule has 2 rings (SSSR count). The molecule has 1 aliphatic heterocycles. The summed E-state index contributed by atoms with van der Waals surface area (Å²) in [5, 5.41) is 2.15. The molecule has 0 atom stereocenters. The number of carbonyl (C=O) groups is 1. The molecule has 1 N–H and O–H groups in total. The van der Waals surface area contributed by atoms with E-state index in [9.17, 15) is 18.0 Å². The Kier molecular flexibility index (Phi) is 2.54. The number of fused-ring (bicyclic) bond motifs is 1. The molecule has 1 aromatic heterocycles. The third-order valence-corrected chi connectivity index (χ3v) is 3.66. The van der Waals surface area contributed by atoms with Crippen molar-refractivity contribution >= 4 is 43.5 Å². The van der Waals surface area contributed by atoms with Crippen LogP contribution in [0.3, 0.4) is 0 Å². The van der Waals surface area contributed by atoms with E-state index in [1.807, 2.05) is 0 Å². The monoisotopic (exact) mass is 358 g/mol. The normalized spacial score (nSPS) is 18.2. The number of halogens is 5. The molecular weight excluding hydrogens is 357 g/mol. The van der Waals surface area contributed by atoms with Crippen LogP contribution in [0.1, 0.15) is 11.3 Å². The predicted octanol–water partition coefficient (Wildman–Crippen LogP) is 3.00. The Labute approximate surface area is 105 Å². The lowest BCUT2D eigenvalue weighted by molar-refractivity contribution is -0.140. The summed E-state index contributed by atoms with van der Waals surface area (Å²) in [6.07, 6.45) is -3.59. The second kappa shape index (κ2) is 3.43. The number of carbonyl (C=O) groups excluding carboxylic acids is 1. The van der Waals surface area contributed by atoms with E-state index in [-0.39, 0.29) is 11.3 Å². The van der Waals surface area contributed by atoms with Crippen molar-refractivity contribution in [3.8, 4) is 0 Å². The molecule has 0 aromatic carbocycles. The van der Waals surface area contributed by atoms with Gasteiger partial charge in [0.2, 0.25) is 0 Å². The molecule has 0 aliphatic carbocycles. The van der Waals surface area contributed by atoms with E-state index in [1.54, 1.807) is 0 Å². The lowest BCUT2D eigenvalue weighted by Crippen LogP contribution is -2.20. The smallest absolute Gasteiger partial charge is 0.322 e. The number of hydrogen-bond acceptors (Lipinski definition) is 2. The number of amides is 1. The second-order valence-electron chi connectivity index (χ2n) is 3.11. The molecule has 0 bridgehead atoms. The number of aromatic nitrogens is 1. The van der Waals surface area contributed by atoms with Crippen LogP contribution in [-0.4, -0.2) is 10.9 Å². The maximum Gasteiger partial charge on any atom is 0.435 e. The zero-order valence-electron chi connectivity index (χ0n) is 7.40. The Morgan fingerprint density at radius 1 is 1.38 bits per heavy atom. The molecule has 8 heteroatoms. The zero-order valence-corrected chi connectivity index (χ0v) is 10.6. The molecule has 3 nitrogen and oxygen atoms in total. The lowest BCUT2D eigenvalue weighted by Gasteiger charge is -2.12. The summed E-state index contributed by atoms with van der Waals surface area (Å²) in [4.78, 5) is 14.7. The van der Waals surface area contributed by atoms with E-state index >= 15 is 0 Å². The van der Waals surface area contributed by atoms with Crippen molar-refractivity contribution in [3.63, 3.8) is 0 Å². The highest BCUT2D eigenvalue weighted by Gasteiger charge is 2.48. The molecule has 0 spiro atoms. The topological polar surface area (TPSA) is 42.0 Å². The third-order valence-electron chi connectivity index (χ3n) is 2.08. The largest absolute Gasteiger partial charge is 0.435 e. The van der Waals surface area contributed by atoms with Crippen LogP contribution in [-0.2, 0) is 14.2 Å². The maximum absolute atomic E-state index is 12.6. The standard InChI is InChI=1S/C8H3Br2F3N2O/c9-7(10)3-1-2-14-5(8(11,12)13)4(3)15-6(7)16/h1-2H,(H,15,16). The first-order valence-corrected chi connectivity index (χ1v) is 5.59. The molecule has 2 heterocycles. The van der Waals surface area contributed by atoms with Crippen LogP contribution in [0.25, 0.3) is 0 Å². The second-order valence-corrected chi connectivity index (χ2v) is 6.55. The van der Waals surface area contributed by atoms with Crippen LogP contribution in [0, 0.1) is 0 Å². The van der Waals surface area contributed by atoms with Gasteiger partial charge in [-0.05, 0) is 6.07 Å². The number of hydrogen-bond donors (Lipinski definition) is 1. The Balaban J connectivity index is 2.66. The number of nitrogens with zero attached hydrogens (tertiary/aromatic N) is 1. The van der Waals surface area contributed by atoms with Gasteiger partial charge >= 0.3 is 6.18 Å². The fraction of sp³-hybridized carbons (Fsp3) is 0.250. The highest BCUT2D eigenvalue weighted by molar-refractivity contribution is 9.25. The van der Waals surface area contributed by atoms with Gasteiger partial charge in [-0.25, -0.2) is 4.98 Å². The van der Waals surface area contributed by atoms with Gasteiger partial charge in [0, 0.05) is 11.8 Å². The number of anilines is 1. The number of pyridine rings is 1. The van der Waals surface area contributed by atoms with Gasteiger partial charge in [-0.3, -0.25) is 4.79 Å². The van der Waals surface area contributed by atoms with Crippen molar-refractivity contribution in [2.75, 3.05) is 5.32 Å². The van der Waals surface area contributed by atoms with Crippen LogP contribution < -0.4 is 5.32 Å². The summed E-state index contributed by atoms with van der Waals surface area (Å²) < 4.78 is 36.4. The Morgan fingerprint density at radius 2 is 2.00 bits per heavy atom. The first-order valence-electron chi connectivity index (χ1n) is 4.00. The Morgan fingerprint density at radius 3 is 2.56 bits per heavy atom. The molecule has 0 radical (unpaired) electrons. The van der Waals surface area contributed by atoms with Gasteiger partial charge in [-0.1, -0.05) is 31.9 Å². The van der Waals surface area contributed by atoms with Crippen molar-refractivity contribution in [2.45, 2.75) is 9.41 Å². The van der Waals surface area contributed by atoms with Gasteiger partial charge in [-0.2, -0.15) is 13.2 Å². The van der Waals surface area contributed by atoms with E-state index in [0.717, 1.165) is 6.20 Å². The number of nitrogens with one attached hydrogen (secondary N) is 1. The fourth-order valence-electron chi connectivity index (χ4n) is 1.38. The van der Waals surface area contributed by atoms with E-state index in [2.05, 4.69) is 42.2 Å². The summed E-state index contributed by atoms with van der Waals surface area (Å²) >= 11 is 6.03. The first-order chi connectivity index (χ1) is 7.24. The van der Waals surface area contributed by atoms with Gasteiger partial charge in [0.05, 0.1) is 5.69 Å². The van der Waals surface area contributed by atoms with E-state index < -0.39 is 21.0 Å². The Bertz CT molecular complexity index is 473.